The first-order chi connectivity index (χ1) is 8.61. The summed E-state index contributed by atoms with van der Waals surface area (Å²) < 4.78 is 4.90. The predicted octanol–water partition coefficient (Wildman–Crippen LogP) is 2.30. The Morgan fingerprint density at radius 3 is 2.83 bits per heavy atom. The molecule has 2 rings (SSSR count). The van der Waals surface area contributed by atoms with E-state index in [-0.39, 0.29) is 11.8 Å². The first kappa shape index (κ1) is 12.9. The van der Waals surface area contributed by atoms with Crippen LogP contribution < -0.4 is 4.90 Å². The van der Waals surface area contributed by atoms with Crippen molar-refractivity contribution in [1.29, 1.82) is 0 Å². The monoisotopic (exact) mass is 267 g/mol. The van der Waals surface area contributed by atoms with Gasteiger partial charge >= 0.3 is 5.97 Å². The summed E-state index contributed by atoms with van der Waals surface area (Å²) >= 11 is 6.14. The number of Topliss-reactive ketones (excluding diaryl/α,β-unsaturated/α-hetero) is 1. The highest BCUT2D eigenvalue weighted by Gasteiger charge is 2.22. The molecule has 96 valence electrons. The quantitative estimate of drug-likeness (QED) is 0.789. The predicted molar refractivity (Wildman–Crippen MR) is 69.2 cm³/mol. The van der Waals surface area contributed by atoms with E-state index in [1.165, 1.54) is 0 Å². The molecule has 18 heavy (non-hydrogen) atoms. The lowest BCUT2D eigenvalue weighted by atomic mass is 10.2. The molecular formula is C13H14ClNO3. The number of ketones is 1. The van der Waals surface area contributed by atoms with E-state index in [9.17, 15) is 9.59 Å². The maximum absolute atomic E-state index is 11.5. The summed E-state index contributed by atoms with van der Waals surface area (Å²) in [5, 5.41) is 0.468. The van der Waals surface area contributed by atoms with E-state index in [1.807, 2.05) is 4.90 Å². The van der Waals surface area contributed by atoms with Gasteiger partial charge in [0.2, 0.25) is 0 Å². The van der Waals surface area contributed by atoms with Crippen molar-refractivity contribution in [3.05, 3.63) is 28.8 Å². The van der Waals surface area contributed by atoms with Crippen molar-refractivity contribution >= 4 is 29.0 Å². The van der Waals surface area contributed by atoms with Crippen molar-refractivity contribution < 1.29 is 14.3 Å². The molecule has 1 aliphatic heterocycles. The number of benzene rings is 1. The summed E-state index contributed by atoms with van der Waals surface area (Å²) in [4.78, 5) is 24.7. The molecule has 1 heterocycles. The maximum atomic E-state index is 11.5. The second-order valence-electron chi connectivity index (χ2n) is 4.10. The van der Waals surface area contributed by atoms with E-state index in [0.29, 0.717) is 36.7 Å². The van der Waals surface area contributed by atoms with Crippen molar-refractivity contribution in [2.24, 2.45) is 0 Å². The van der Waals surface area contributed by atoms with Crippen LogP contribution in [0.25, 0.3) is 0 Å². The lowest BCUT2D eigenvalue weighted by Crippen LogP contribution is -2.20. The fourth-order valence-corrected chi connectivity index (χ4v) is 2.24. The molecular weight excluding hydrogens is 254 g/mol. The average Bonchev–Trinajstić information content (AvgIpc) is 2.76. The number of anilines is 1. The Morgan fingerprint density at radius 2 is 2.28 bits per heavy atom. The van der Waals surface area contributed by atoms with Gasteiger partial charge in [-0.15, -0.1) is 0 Å². The van der Waals surface area contributed by atoms with Gasteiger partial charge in [0.05, 0.1) is 29.4 Å². The van der Waals surface area contributed by atoms with Gasteiger partial charge in [-0.05, 0) is 25.1 Å². The lowest BCUT2D eigenvalue weighted by molar-refractivity contribution is -0.116. The molecule has 0 radical (unpaired) electrons. The number of hydrogen-bond donors (Lipinski definition) is 0. The molecule has 5 heteroatoms. The second kappa shape index (κ2) is 5.40. The molecule has 1 saturated heterocycles. The zero-order valence-electron chi connectivity index (χ0n) is 10.1. The van der Waals surface area contributed by atoms with Crippen LogP contribution in [0.15, 0.2) is 18.2 Å². The molecule has 0 amide bonds. The third-order valence-electron chi connectivity index (χ3n) is 2.83. The summed E-state index contributed by atoms with van der Waals surface area (Å²) in [6.45, 7) is 3.15. The number of rotatable bonds is 3. The minimum absolute atomic E-state index is 0.209. The van der Waals surface area contributed by atoms with Gasteiger partial charge in [-0.25, -0.2) is 4.79 Å². The van der Waals surface area contributed by atoms with E-state index >= 15 is 0 Å². The molecule has 1 aromatic rings. The number of nitrogens with zero attached hydrogens (tertiary/aromatic N) is 1. The van der Waals surface area contributed by atoms with Crippen molar-refractivity contribution in [2.75, 3.05) is 24.6 Å². The summed E-state index contributed by atoms with van der Waals surface area (Å²) in [5.41, 5.74) is 1.21. The Labute approximate surface area is 110 Å². The first-order valence-electron chi connectivity index (χ1n) is 5.85. The van der Waals surface area contributed by atoms with Gasteiger partial charge in [-0.3, -0.25) is 4.79 Å². The molecule has 0 aliphatic carbocycles. The Balaban J connectivity index is 2.20. The van der Waals surface area contributed by atoms with Gasteiger partial charge in [0.25, 0.3) is 0 Å². The molecule has 1 fully saturated rings. The first-order valence-corrected chi connectivity index (χ1v) is 6.23. The molecule has 0 saturated carbocycles. The van der Waals surface area contributed by atoms with Crippen LogP contribution in [0.2, 0.25) is 5.02 Å². The fraction of sp³-hybridized carbons (Fsp3) is 0.385. The molecule has 4 nitrogen and oxygen atoms in total. The van der Waals surface area contributed by atoms with E-state index in [1.54, 1.807) is 25.1 Å². The Hall–Kier alpha value is -1.55. The standard InChI is InChI=1S/C13H14ClNO3/c1-2-18-13(17)9-3-4-12(11(14)7-9)15-6-5-10(16)8-15/h3-4,7H,2,5-6,8H2,1H3. The summed E-state index contributed by atoms with van der Waals surface area (Å²) in [7, 11) is 0. The summed E-state index contributed by atoms with van der Waals surface area (Å²) in [5.74, 6) is -0.177. The molecule has 1 aromatic carbocycles. The molecule has 0 atom stereocenters. The SMILES string of the molecule is CCOC(=O)c1ccc(N2CCC(=O)C2)c(Cl)c1. The van der Waals surface area contributed by atoms with Crippen LogP contribution in [-0.2, 0) is 9.53 Å². The second-order valence-corrected chi connectivity index (χ2v) is 4.50. The van der Waals surface area contributed by atoms with Crippen LogP contribution in [0.3, 0.4) is 0 Å². The molecule has 0 aromatic heterocycles. The topological polar surface area (TPSA) is 46.6 Å². The summed E-state index contributed by atoms with van der Waals surface area (Å²) in [6.07, 6.45) is 0.552. The van der Waals surface area contributed by atoms with E-state index in [2.05, 4.69) is 0 Å². The lowest BCUT2D eigenvalue weighted by Gasteiger charge is -2.18. The van der Waals surface area contributed by atoms with E-state index in [0.717, 1.165) is 5.69 Å². The van der Waals surface area contributed by atoms with E-state index in [4.69, 9.17) is 16.3 Å². The number of carbonyl (C=O) groups is 2. The minimum atomic E-state index is -0.386. The number of carbonyl (C=O) groups excluding carboxylic acids is 2. The number of hydrogen-bond acceptors (Lipinski definition) is 4. The van der Waals surface area contributed by atoms with Gasteiger partial charge in [-0.1, -0.05) is 11.6 Å². The van der Waals surface area contributed by atoms with Gasteiger partial charge < -0.3 is 9.64 Å². The van der Waals surface area contributed by atoms with Crippen molar-refractivity contribution in [3.8, 4) is 0 Å². The van der Waals surface area contributed by atoms with Crippen LogP contribution in [-0.4, -0.2) is 31.4 Å². The van der Waals surface area contributed by atoms with Crippen LogP contribution in [0.1, 0.15) is 23.7 Å². The molecule has 0 N–H and O–H groups in total. The molecule has 1 aliphatic rings. The Bertz CT molecular complexity index is 487. The molecule has 0 bridgehead atoms. The maximum Gasteiger partial charge on any atom is 0.338 e. The Morgan fingerprint density at radius 1 is 1.50 bits per heavy atom. The Kier molecular flexibility index (Phi) is 3.87. The largest absolute Gasteiger partial charge is 0.462 e. The number of ether oxygens (including phenoxy) is 1. The van der Waals surface area contributed by atoms with Crippen LogP contribution in [0, 0.1) is 0 Å². The highest BCUT2D eigenvalue weighted by atomic mass is 35.5. The van der Waals surface area contributed by atoms with Gasteiger partial charge in [-0.2, -0.15) is 0 Å². The van der Waals surface area contributed by atoms with Gasteiger partial charge in [0.1, 0.15) is 0 Å². The smallest absolute Gasteiger partial charge is 0.338 e. The zero-order valence-corrected chi connectivity index (χ0v) is 10.9. The zero-order chi connectivity index (χ0) is 13.1. The minimum Gasteiger partial charge on any atom is -0.462 e. The van der Waals surface area contributed by atoms with Crippen LogP contribution in [0.4, 0.5) is 5.69 Å². The van der Waals surface area contributed by atoms with E-state index < -0.39 is 0 Å². The highest BCUT2D eigenvalue weighted by molar-refractivity contribution is 6.33. The van der Waals surface area contributed by atoms with Crippen molar-refractivity contribution in [3.63, 3.8) is 0 Å². The van der Waals surface area contributed by atoms with Crippen LogP contribution >= 0.6 is 11.6 Å². The highest BCUT2D eigenvalue weighted by Crippen LogP contribution is 2.29. The third-order valence-corrected chi connectivity index (χ3v) is 3.13. The fourth-order valence-electron chi connectivity index (χ4n) is 1.94. The average molecular weight is 268 g/mol. The third kappa shape index (κ3) is 2.64. The molecule has 0 unspecified atom stereocenters. The van der Waals surface area contributed by atoms with Crippen molar-refractivity contribution in [2.45, 2.75) is 13.3 Å². The van der Waals surface area contributed by atoms with Crippen molar-refractivity contribution in [1.82, 2.24) is 0 Å². The molecule has 0 spiro atoms. The normalized spacial score (nSPS) is 15.0. The van der Waals surface area contributed by atoms with Gasteiger partial charge in [0, 0.05) is 13.0 Å². The van der Waals surface area contributed by atoms with Crippen LogP contribution in [0.5, 0.6) is 0 Å². The number of halogens is 1. The summed E-state index contributed by atoms with van der Waals surface area (Å²) in [6, 6.07) is 5.01. The number of esters is 1. The van der Waals surface area contributed by atoms with Gasteiger partial charge in [0.15, 0.2) is 5.78 Å².